The third kappa shape index (κ3) is 4.92. The second-order valence-corrected chi connectivity index (χ2v) is 9.37. The molecule has 1 amide bonds. The van der Waals surface area contributed by atoms with Gasteiger partial charge in [-0.25, -0.2) is 0 Å². The van der Waals surface area contributed by atoms with Gasteiger partial charge in [0.2, 0.25) is 5.91 Å². The van der Waals surface area contributed by atoms with Crippen LogP contribution < -0.4 is 0 Å². The summed E-state index contributed by atoms with van der Waals surface area (Å²) in [6, 6.07) is 1.98. The number of nitro groups is 1. The Balaban J connectivity index is 1.46. The number of fused-ring (bicyclic) bond motifs is 1. The Labute approximate surface area is 185 Å². The second kappa shape index (κ2) is 9.37. The van der Waals surface area contributed by atoms with Gasteiger partial charge in [-0.2, -0.15) is 13.2 Å². The number of nitro benzene ring substituents is 1. The summed E-state index contributed by atoms with van der Waals surface area (Å²) in [6.07, 6.45) is 4.30. The van der Waals surface area contributed by atoms with Crippen LogP contribution in [0.25, 0.3) is 0 Å². The van der Waals surface area contributed by atoms with Gasteiger partial charge >= 0.3 is 6.18 Å². The number of hydrogen-bond acceptors (Lipinski definition) is 4. The highest BCUT2D eigenvalue weighted by molar-refractivity contribution is 5.79. The van der Waals surface area contributed by atoms with Crippen molar-refractivity contribution in [2.24, 2.45) is 5.92 Å². The third-order valence-corrected chi connectivity index (χ3v) is 7.31. The van der Waals surface area contributed by atoms with Crippen molar-refractivity contribution in [1.29, 1.82) is 0 Å². The summed E-state index contributed by atoms with van der Waals surface area (Å²) >= 11 is 0. The fourth-order valence-electron chi connectivity index (χ4n) is 5.60. The van der Waals surface area contributed by atoms with E-state index in [9.17, 15) is 28.1 Å². The summed E-state index contributed by atoms with van der Waals surface area (Å²) in [5.74, 6) is -0.141. The lowest BCUT2D eigenvalue weighted by Crippen LogP contribution is -2.41. The highest BCUT2D eigenvalue weighted by Crippen LogP contribution is 2.38. The summed E-state index contributed by atoms with van der Waals surface area (Å²) in [5, 5.41) is 11.4. The molecule has 1 aromatic carbocycles. The molecule has 3 aliphatic rings. The van der Waals surface area contributed by atoms with Crippen molar-refractivity contribution >= 4 is 11.6 Å². The van der Waals surface area contributed by atoms with E-state index < -0.39 is 22.4 Å². The van der Waals surface area contributed by atoms with Crippen LogP contribution in [-0.2, 0) is 23.9 Å². The molecule has 4 rings (SSSR count). The van der Waals surface area contributed by atoms with Gasteiger partial charge < -0.3 is 9.80 Å². The molecule has 2 unspecified atom stereocenters. The van der Waals surface area contributed by atoms with E-state index in [0.29, 0.717) is 24.2 Å². The monoisotopic (exact) mass is 453 g/mol. The Morgan fingerprint density at radius 1 is 1.03 bits per heavy atom. The fraction of sp³-hybridized carbons (Fsp3) is 0.696. The standard InChI is InChI=1S/C23H30F3N3O3/c24-23(25,26)18-12-17-15-28(11-8-20(17)21(14-18)29(31)32)22(30)16-6-7-19(13-16)27-9-4-2-1-3-5-10-27/h12,14,16,19H,1-11,13,15H2. The molecule has 2 heterocycles. The van der Waals surface area contributed by atoms with E-state index in [-0.39, 0.29) is 30.4 Å². The zero-order chi connectivity index (χ0) is 22.9. The van der Waals surface area contributed by atoms with Gasteiger partial charge in [0.15, 0.2) is 0 Å². The Morgan fingerprint density at radius 3 is 2.38 bits per heavy atom. The average molecular weight is 454 g/mol. The maximum absolute atomic E-state index is 13.3. The Bertz CT molecular complexity index is 866. The van der Waals surface area contributed by atoms with Gasteiger partial charge in [-0.15, -0.1) is 0 Å². The number of nitrogens with zero attached hydrogens (tertiary/aromatic N) is 3. The molecule has 32 heavy (non-hydrogen) atoms. The SMILES string of the molecule is O=C(C1CCC(N2CCCCCCC2)C1)N1CCc2c(cc(C(F)(F)F)cc2[N+](=O)[O-])C1. The molecular formula is C23H30F3N3O3. The lowest BCUT2D eigenvalue weighted by molar-refractivity contribution is -0.385. The van der Waals surface area contributed by atoms with Crippen LogP contribution in [-0.4, -0.2) is 46.3 Å². The Kier molecular flexibility index (Phi) is 6.74. The first-order valence-electron chi connectivity index (χ1n) is 11.6. The number of carbonyl (C=O) groups excluding carboxylic acids is 1. The topological polar surface area (TPSA) is 66.7 Å². The van der Waals surface area contributed by atoms with E-state index >= 15 is 0 Å². The maximum atomic E-state index is 13.3. The predicted octanol–water partition coefficient (Wildman–Crippen LogP) is 4.93. The molecule has 2 atom stereocenters. The first kappa shape index (κ1) is 23.0. The van der Waals surface area contributed by atoms with Crippen molar-refractivity contribution in [1.82, 2.24) is 9.80 Å². The first-order valence-corrected chi connectivity index (χ1v) is 11.6. The van der Waals surface area contributed by atoms with Gasteiger partial charge in [0.25, 0.3) is 5.69 Å². The van der Waals surface area contributed by atoms with E-state index in [0.717, 1.165) is 38.4 Å². The number of rotatable bonds is 3. The van der Waals surface area contributed by atoms with Crippen LogP contribution in [0.4, 0.5) is 18.9 Å². The second-order valence-electron chi connectivity index (χ2n) is 9.37. The molecule has 1 saturated heterocycles. The molecule has 0 aromatic heterocycles. The summed E-state index contributed by atoms with van der Waals surface area (Å²) in [5.41, 5.74) is -0.975. The van der Waals surface area contributed by atoms with Gasteiger partial charge in [-0.3, -0.25) is 14.9 Å². The summed E-state index contributed by atoms with van der Waals surface area (Å²) in [4.78, 5) is 28.0. The minimum Gasteiger partial charge on any atom is -0.338 e. The van der Waals surface area contributed by atoms with Crippen molar-refractivity contribution < 1.29 is 22.9 Å². The van der Waals surface area contributed by atoms with E-state index in [1.807, 2.05) is 0 Å². The number of hydrogen-bond donors (Lipinski definition) is 0. The molecule has 6 nitrogen and oxygen atoms in total. The molecule has 0 spiro atoms. The van der Waals surface area contributed by atoms with E-state index in [4.69, 9.17) is 0 Å². The minimum absolute atomic E-state index is 0.00378. The molecule has 1 saturated carbocycles. The van der Waals surface area contributed by atoms with Gasteiger partial charge in [-0.1, -0.05) is 19.3 Å². The van der Waals surface area contributed by atoms with Crippen LogP contribution in [0.2, 0.25) is 0 Å². The number of benzene rings is 1. The predicted molar refractivity (Wildman–Crippen MR) is 113 cm³/mol. The van der Waals surface area contributed by atoms with Crippen molar-refractivity contribution in [2.75, 3.05) is 19.6 Å². The van der Waals surface area contributed by atoms with E-state index in [1.54, 1.807) is 4.90 Å². The molecule has 176 valence electrons. The van der Waals surface area contributed by atoms with Crippen LogP contribution in [0.15, 0.2) is 12.1 Å². The molecule has 9 heteroatoms. The molecule has 2 aliphatic heterocycles. The van der Waals surface area contributed by atoms with Crippen molar-refractivity contribution in [3.05, 3.63) is 38.9 Å². The van der Waals surface area contributed by atoms with Crippen LogP contribution in [0.5, 0.6) is 0 Å². The molecular weight excluding hydrogens is 423 g/mol. The molecule has 1 aliphatic carbocycles. The molecule has 0 radical (unpaired) electrons. The fourth-order valence-corrected chi connectivity index (χ4v) is 5.60. The van der Waals surface area contributed by atoms with Crippen molar-refractivity contribution in [3.8, 4) is 0 Å². The van der Waals surface area contributed by atoms with Gasteiger partial charge in [0, 0.05) is 36.7 Å². The Hall–Kier alpha value is -2.16. The zero-order valence-corrected chi connectivity index (χ0v) is 18.2. The number of halogens is 3. The van der Waals surface area contributed by atoms with E-state index in [1.165, 1.54) is 32.1 Å². The molecule has 2 fully saturated rings. The quantitative estimate of drug-likeness (QED) is 0.481. The van der Waals surface area contributed by atoms with Crippen LogP contribution in [0.1, 0.15) is 68.1 Å². The number of alkyl halides is 3. The molecule has 0 bridgehead atoms. The summed E-state index contributed by atoms with van der Waals surface area (Å²) in [6.45, 7) is 2.46. The highest BCUT2D eigenvalue weighted by atomic mass is 19.4. The first-order chi connectivity index (χ1) is 15.2. The normalized spacial score (nSPS) is 25.2. The lowest BCUT2D eigenvalue weighted by Gasteiger charge is -2.32. The molecule has 0 N–H and O–H groups in total. The highest BCUT2D eigenvalue weighted by Gasteiger charge is 2.39. The Morgan fingerprint density at radius 2 is 1.72 bits per heavy atom. The maximum Gasteiger partial charge on any atom is 0.416 e. The molecule has 1 aromatic rings. The van der Waals surface area contributed by atoms with Crippen LogP contribution >= 0.6 is 0 Å². The average Bonchev–Trinajstić information content (AvgIpc) is 3.21. The number of likely N-dealkylation sites (tertiary alicyclic amines) is 1. The van der Waals surface area contributed by atoms with Crippen LogP contribution in [0.3, 0.4) is 0 Å². The smallest absolute Gasteiger partial charge is 0.338 e. The minimum atomic E-state index is -4.67. The van der Waals surface area contributed by atoms with Gasteiger partial charge in [-0.05, 0) is 63.2 Å². The van der Waals surface area contributed by atoms with Gasteiger partial charge in [0.05, 0.1) is 10.5 Å². The summed E-state index contributed by atoms with van der Waals surface area (Å²) in [7, 11) is 0. The summed E-state index contributed by atoms with van der Waals surface area (Å²) < 4.78 is 39.8. The number of carbonyl (C=O) groups is 1. The van der Waals surface area contributed by atoms with Crippen LogP contribution in [0, 0.1) is 16.0 Å². The zero-order valence-electron chi connectivity index (χ0n) is 18.2. The third-order valence-electron chi connectivity index (χ3n) is 7.31. The van der Waals surface area contributed by atoms with Crippen molar-refractivity contribution in [3.63, 3.8) is 0 Å². The lowest BCUT2D eigenvalue weighted by atomic mass is 9.94. The largest absolute Gasteiger partial charge is 0.416 e. The van der Waals surface area contributed by atoms with Gasteiger partial charge in [0.1, 0.15) is 0 Å². The van der Waals surface area contributed by atoms with E-state index in [2.05, 4.69) is 4.90 Å². The number of amides is 1. The van der Waals surface area contributed by atoms with Crippen molar-refractivity contribution in [2.45, 2.75) is 76.6 Å².